The Hall–Kier alpha value is -0.564. The van der Waals surface area contributed by atoms with Crippen LogP contribution in [-0.2, 0) is 0 Å². The van der Waals surface area contributed by atoms with E-state index in [-0.39, 0.29) is 56.9 Å². The second-order valence-electron chi connectivity index (χ2n) is 5.30. The fraction of sp³-hybridized carbons (Fsp3) is 0.111. The SMILES string of the molecule is Cc1ccc(-c2cc(C(=O)[O-])c3cc(Br)ccc3n2)cc1C.[K+]. The normalized spacial score (nSPS) is 10.4. The Morgan fingerprint density at radius 3 is 2.43 bits per heavy atom. The first kappa shape index (κ1) is 18.8. The van der Waals surface area contributed by atoms with Gasteiger partial charge in [-0.1, -0.05) is 28.1 Å². The summed E-state index contributed by atoms with van der Waals surface area (Å²) in [6.07, 6.45) is 0. The fourth-order valence-electron chi connectivity index (χ4n) is 2.42. The molecule has 2 aromatic carbocycles. The summed E-state index contributed by atoms with van der Waals surface area (Å²) in [6.45, 7) is 4.06. The Kier molecular flexibility index (Phi) is 6.16. The molecule has 0 unspecified atom stereocenters. The van der Waals surface area contributed by atoms with Crippen LogP contribution >= 0.6 is 15.9 Å². The van der Waals surface area contributed by atoms with Crippen molar-refractivity contribution in [3.63, 3.8) is 0 Å². The summed E-state index contributed by atoms with van der Waals surface area (Å²) in [5, 5.41) is 12.0. The van der Waals surface area contributed by atoms with Gasteiger partial charge < -0.3 is 9.90 Å². The van der Waals surface area contributed by atoms with Gasteiger partial charge in [-0.05, 0) is 55.3 Å². The number of rotatable bonds is 2. The van der Waals surface area contributed by atoms with Gasteiger partial charge in [0, 0.05) is 21.0 Å². The van der Waals surface area contributed by atoms with Crippen molar-refractivity contribution in [3.8, 4) is 11.3 Å². The first-order chi connectivity index (χ1) is 10.5. The molecule has 0 atom stereocenters. The molecule has 0 spiro atoms. The van der Waals surface area contributed by atoms with Gasteiger partial charge in [-0.3, -0.25) is 0 Å². The predicted molar refractivity (Wildman–Crippen MR) is 88.7 cm³/mol. The van der Waals surface area contributed by atoms with Crippen LogP contribution in [0.4, 0.5) is 0 Å². The predicted octanol–water partition coefficient (Wildman–Crippen LogP) is 0.649. The molecular weight excluding hydrogens is 381 g/mol. The molecule has 0 bridgehead atoms. The minimum atomic E-state index is -1.20. The average Bonchev–Trinajstić information content (AvgIpc) is 2.48. The van der Waals surface area contributed by atoms with E-state index in [4.69, 9.17) is 0 Å². The van der Waals surface area contributed by atoms with Crippen LogP contribution in [0.5, 0.6) is 0 Å². The first-order valence-corrected chi connectivity index (χ1v) is 7.64. The second kappa shape index (κ2) is 7.55. The molecule has 0 saturated heterocycles. The van der Waals surface area contributed by atoms with Crippen molar-refractivity contribution in [2.24, 2.45) is 0 Å². The summed E-state index contributed by atoms with van der Waals surface area (Å²) < 4.78 is 0.809. The van der Waals surface area contributed by atoms with Crippen molar-refractivity contribution in [2.75, 3.05) is 0 Å². The molecule has 3 rings (SSSR count). The number of nitrogens with zero attached hydrogens (tertiary/aromatic N) is 1. The number of hydrogen-bond acceptors (Lipinski definition) is 3. The average molecular weight is 394 g/mol. The number of carbonyl (C=O) groups excluding carboxylic acids is 1. The van der Waals surface area contributed by atoms with Crippen LogP contribution in [0, 0.1) is 13.8 Å². The number of fused-ring (bicyclic) bond motifs is 1. The number of pyridine rings is 1. The van der Waals surface area contributed by atoms with E-state index in [1.165, 1.54) is 5.56 Å². The molecule has 0 saturated carbocycles. The quantitative estimate of drug-likeness (QED) is 0.600. The molecule has 1 heterocycles. The van der Waals surface area contributed by atoms with Crippen molar-refractivity contribution >= 4 is 32.8 Å². The molecule has 0 amide bonds. The smallest absolute Gasteiger partial charge is 0.545 e. The topological polar surface area (TPSA) is 53.0 Å². The number of carbonyl (C=O) groups is 1. The number of carboxylic acid groups (broad SMARTS) is 1. The Morgan fingerprint density at radius 1 is 1.04 bits per heavy atom. The van der Waals surface area contributed by atoms with Crippen LogP contribution in [0.15, 0.2) is 46.9 Å². The van der Waals surface area contributed by atoms with Gasteiger partial charge in [-0.2, -0.15) is 0 Å². The Balaban J connectivity index is 0.00000192. The van der Waals surface area contributed by atoms with Gasteiger partial charge in [0.1, 0.15) is 0 Å². The van der Waals surface area contributed by atoms with E-state index in [1.54, 1.807) is 18.2 Å². The van der Waals surface area contributed by atoms with Crippen LogP contribution in [-0.4, -0.2) is 11.0 Å². The van der Waals surface area contributed by atoms with Crippen molar-refractivity contribution in [2.45, 2.75) is 13.8 Å². The molecule has 3 aromatic rings. The van der Waals surface area contributed by atoms with E-state index >= 15 is 0 Å². The van der Waals surface area contributed by atoms with Crippen LogP contribution in [0.3, 0.4) is 0 Å². The molecule has 110 valence electrons. The van der Waals surface area contributed by atoms with Crippen molar-refractivity contribution < 1.29 is 61.3 Å². The van der Waals surface area contributed by atoms with Gasteiger partial charge in [0.15, 0.2) is 0 Å². The third-order valence-electron chi connectivity index (χ3n) is 3.79. The Labute approximate surface area is 185 Å². The molecule has 0 aliphatic heterocycles. The van der Waals surface area contributed by atoms with Gasteiger partial charge in [0.25, 0.3) is 0 Å². The maximum Gasteiger partial charge on any atom is 1.00 e. The fourth-order valence-corrected chi connectivity index (χ4v) is 2.78. The maximum atomic E-state index is 11.5. The largest absolute Gasteiger partial charge is 1.00 e. The minimum Gasteiger partial charge on any atom is -0.545 e. The van der Waals surface area contributed by atoms with E-state index in [1.807, 2.05) is 38.1 Å². The van der Waals surface area contributed by atoms with E-state index in [0.717, 1.165) is 15.6 Å². The Bertz CT molecular complexity index is 909. The standard InChI is InChI=1S/C18H14BrNO2.K/c1-10-3-4-12(7-11(10)2)17-9-15(18(21)22)14-8-13(19)5-6-16(14)20-17;/h3-9H,1-2H3,(H,21,22);/q;+1/p-1. The van der Waals surface area contributed by atoms with Crippen LogP contribution in [0.25, 0.3) is 22.2 Å². The number of halogens is 1. The summed E-state index contributed by atoms with van der Waals surface area (Å²) in [6, 6.07) is 13.0. The number of benzene rings is 2. The van der Waals surface area contributed by atoms with E-state index < -0.39 is 5.97 Å². The zero-order valence-electron chi connectivity index (χ0n) is 13.2. The van der Waals surface area contributed by atoms with Crippen molar-refractivity contribution in [1.82, 2.24) is 4.98 Å². The van der Waals surface area contributed by atoms with Crippen molar-refractivity contribution in [3.05, 3.63) is 63.6 Å². The zero-order chi connectivity index (χ0) is 15.9. The van der Waals surface area contributed by atoms with Crippen LogP contribution in [0.1, 0.15) is 21.5 Å². The third kappa shape index (κ3) is 3.92. The van der Waals surface area contributed by atoms with Crippen molar-refractivity contribution in [1.29, 1.82) is 0 Å². The molecule has 5 heteroatoms. The van der Waals surface area contributed by atoms with Gasteiger partial charge in [0.2, 0.25) is 0 Å². The number of aromatic nitrogens is 1. The Morgan fingerprint density at radius 2 is 1.78 bits per heavy atom. The van der Waals surface area contributed by atoms with E-state index in [9.17, 15) is 9.90 Å². The van der Waals surface area contributed by atoms with Gasteiger partial charge in [-0.25, -0.2) is 4.98 Å². The summed E-state index contributed by atoms with van der Waals surface area (Å²) in [7, 11) is 0. The number of hydrogen-bond donors (Lipinski definition) is 0. The summed E-state index contributed by atoms with van der Waals surface area (Å²) in [5.41, 5.74) is 4.66. The summed E-state index contributed by atoms with van der Waals surface area (Å²) >= 11 is 3.36. The second-order valence-corrected chi connectivity index (χ2v) is 6.22. The molecule has 0 N–H and O–H groups in total. The van der Waals surface area contributed by atoms with Crippen LogP contribution < -0.4 is 56.5 Å². The molecule has 1 aromatic heterocycles. The molecule has 0 aliphatic rings. The van der Waals surface area contributed by atoms with E-state index in [0.29, 0.717) is 16.6 Å². The number of aromatic carboxylic acids is 1. The van der Waals surface area contributed by atoms with E-state index in [2.05, 4.69) is 20.9 Å². The maximum absolute atomic E-state index is 11.5. The molecule has 23 heavy (non-hydrogen) atoms. The zero-order valence-corrected chi connectivity index (χ0v) is 17.9. The van der Waals surface area contributed by atoms with Gasteiger partial charge >= 0.3 is 51.4 Å². The molecule has 0 radical (unpaired) electrons. The minimum absolute atomic E-state index is 0. The van der Waals surface area contributed by atoms with Gasteiger partial charge in [-0.15, -0.1) is 0 Å². The molecule has 0 fully saturated rings. The molecule has 0 aliphatic carbocycles. The summed E-state index contributed by atoms with van der Waals surface area (Å²) in [5.74, 6) is -1.20. The first-order valence-electron chi connectivity index (χ1n) is 6.85. The number of aryl methyl sites for hydroxylation is 2. The van der Waals surface area contributed by atoms with Crippen LogP contribution in [0.2, 0.25) is 0 Å². The molecule has 3 nitrogen and oxygen atoms in total. The monoisotopic (exact) mass is 393 g/mol. The van der Waals surface area contributed by atoms with Gasteiger partial charge in [0.05, 0.1) is 17.2 Å². The molecular formula is C18H13BrKNO2. The number of carboxylic acids is 1. The third-order valence-corrected chi connectivity index (χ3v) is 4.29. The summed E-state index contributed by atoms with van der Waals surface area (Å²) in [4.78, 5) is 16.1.